The molecule has 6 heteroatoms. The monoisotopic (exact) mass is 1070 g/mol. The SMILES string of the molecule is c1ccc(-c2ccc(N3c4cc(-c5ccc6oc7ccccc7c6c5)ccc4B4c5ccc(-c6ccc7oc8ccccc8c7c6)cc5N(c5ccc(-c6ccccc6)cc5)c5cc(-n6c7ccccc7c7ccccc76)cc3c54)cc2)cc1. The highest BCUT2D eigenvalue weighted by Crippen LogP contribution is 2.49. The maximum atomic E-state index is 6.38. The molecule has 0 bridgehead atoms. The van der Waals surface area contributed by atoms with Crippen molar-refractivity contribution >= 4 is 123 Å². The standard InChI is InChI=1S/C78H48BN3O2/c1-3-15-49(16-4-1)51-27-35-57(36-28-51)80-70-45-55(53-33-41-76-64(43-53)62-21-9-13-25-74(62)83-76)31-39-66(70)79-67-40-32-56(54-34-42-77-65(44-54)63-22-10-14-26-75(63)84-77)46-71(67)81(58-37-29-52(30-38-58)50-17-5-2-6-18-50)73-48-59(47-72(80)78(73)79)82-68-23-11-7-19-60(68)61-20-8-12-24-69(61)82/h1-48H. The maximum Gasteiger partial charge on any atom is 0.252 e. The predicted octanol–water partition coefficient (Wildman–Crippen LogP) is 19.3. The van der Waals surface area contributed by atoms with Gasteiger partial charge in [0.1, 0.15) is 22.3 Å². The van der Waals surface area contributed by atoms with E-state index >= 15 is 0 Å². The molecular weight excluding hydrogens is 1020 g/mol. The van der Waals surface area contributed by atoms with Crippen LogP contribution in [0.4, 0.5) is 34.1 Å². The van der Waals surface area contributed by atoms with Crippen LogP contribution in [0.3, 0.4) is 0 Å². The molecule has 0 amide bonds. The van der Waals surface area contributed by atoms with Gasteiger partial charge in [-0.05, 0) is 158 Å². The van der Waals surface area contributed by atoms with Crippen LogP contribution in [0, 0.1) is 0 Å². The fourth-order valence-electron chi connectivity index (χ4n) is 13.9. The molecule has 3 aromatic heterocycles. The van der Waals surface area contributed by atoms with Crippen molar-refractivity contribution in [2.75, 3.05) is 9.80 Å². The molecule has 0 saturated heterocycles. The Morgan fingerprint density at radius 3 is 1.06 bits per heavy atom. The lowest BCUT2D eigenvalue weighted by molar-refractivity contribution is 0.668. The van der Waals surface area contributed by atoms with Crippen LogP contribution in [0.25, 0.3) is 116 Å². The van der Waals surface area contributed by atoms with Crippen LogP contribution < -0.4 is 26.2 Å². The summed E-state index contributed by atoms with van der Waals surface area (Å²) in [5.41, 5.74) is 26.5. The lowest BCUT2D eigenvalue weighted by atomic mass is 9.33. The number of nitrogens with zero attached hydrogens (tertiary/aromatic N) is 3. The van der Waals surface area contributed by atoms with E-state index in [-0.39, 0.29) is 6.71 Å². The third-order valence-electron chi connectivity index (χ3n) is 17.8. The van der Waals surface area contributed by atoms with Crippen molar-refractivity contribution < 1.29 is 8.83 Å². The second-order valence-corrected chi connectivity index (χ2v) is 22.4. The van der Waals surface area contributed by atoms with Crippen molar-refractivity contribution in [1.29, 1.82) is 0 Å². The summed E-state index contributed by atoms with van der Waals surface area (Å²) in [4.78, 5) is 5.10. The van der Waals surface area contributed by atoms with E-state index in [2.05, 4.69) is 293 Å². The smallest absolute Gasteiger partial charge is 0.252 e. The number of hydrogen-bond donors (Lipinski definition) is 0. The predicted molar refractivity (Wildman–Crippen MR) is 351 cm³/mol. The van der Waals surface area contributed by atoms with Gasteiger partial charge in [-0.3, -0.25) is 0 Å². The van der Waals surface area contributed by atoms with Gasteiger partial charge in [-0.2, -0.15) is 0 Å². The molecule has 13 aromatic carbocycles. The molecule has 84 heavy (non-hydrogen) atoms. The fourth-order valence-corrected chi connectivity index (χ4v) is 13.9. The Bertz CT molecular complexity index is 5000. The van der Waals surface area contributed by atoms with Crippen molar-refractivity contribution in [3.8, 4) is 50.2 Å². The Hall–Kier alpha value is -11.1. The largest absolute Gasteiger partial charge is 0.456 e. The van der Waals surface area contributed by atoms with Gasteiger partial charge in [0.2, 0.25) is 0 Å². The molecule has 0 aliphatic carbocycles. The number of aromatic nitrogens is 1. The first kappa shape index (κ1) is 46.7. The van der Waals surface area contributed by atoms with Gasteiger partial charge < -0.3 is 23.2 Å². The van der Waals surface area contributed by atoms with Gasteiger partial charge in [-0.15, -0.1) is 0 Å². The highest BCUT2D eigenvalue weighted by Gasteiger charge is 2.44. The summed E-state index contributed by atoms with van der Waals surface area (Å²) < 4.78 is 15.2. The van der Waals surface area contributed by atoms with Crippen molar-refractivity contribution in [3.63, 3.8) is 0 Å². The van der Waals surface area contributed by atoms with Crippen LogP contribution in [0.1, 0.15) is 0 Å². The molecule has 0 N–H and O–H groups in total. The zero-order chi connectivity index (χ0) is 55.0. The summed E-state index contributed by atoms with van der Waals surface area (Å²) in [5, 5.41) is 6.87. The van der Waals surface area contributed by atoms with E-state index in [1.54, 1.807) is 0 Å². The zero-order valence-corrected chi connectivity index (χ0v) is 45.4. The molecule has 0 fully saturated rings. The molecule has 0 saturated carbocycles. The van der Waals surface area contributed by atoms with Crippen LogP contribution in [-0.4, -0.2) is 11.3 Å². The first-order valence-electron chi connectivity index (χ1n) is 28.8. The van der Waals surface area contributed by atoms with E-state index in [1.165, 1.54) is 49.4 Å². The van der Waals surface area contributed by atoms with Gasteiger partial charge in [0, 0.05) is 66.4 Å². The summed E-state index contributed by atoms with van der Waals surface area (Å²) in [5.74, 6) is 0. The van der Waals surface area contributed by atoms with Crippen LogP contribution in [-0.2, 0) is 0 Å². The number of fused-ring (bicyclic) bond motifs is 13. The van der Waals surface area contributed by atoms with E-state index in [1.807, 2.05) is 12.1 Å². The Morgan fingerprint density at radius 2 is 0.595 bits per heavy atom. The Morgan fingerprint density at radius 1 is 0.238 bits per heavy atom. The van der Waals surface area contributed by atoms with E-state index in [4.69, 9.17) is 8.83 Å². The molecule has 5 nitrogen and oxygen atoms in total. The highest BCUT2D eigenvalue weighted by molar-refractivity contribution is 7.00. The minimum atomic E-state index is -0.143. The number of para-hydroxylation sites is 4. The minimum absolute atomic E-state index is 0.143. The summed E-state index contributed by atoms with van der Waals surface area (Å²) in [7, 11) is 0. The average Bonchev–Trinajstić information content (AvgIpc) is 1.18. The highest BCUT2D eigenvalue weighted by atomic mass is 16.3. The van der Waals surface area contributed by atoms with E-state index in [9.17, 15) is 0 Å². The molecular formula is C78H48BN3O2. The van der Waals surface area contributed by atoms with Gasteiger partial charge in [0.15, 0.2) is 0 Å². The van der Waals surface area contributed by atoms with Crippen LogP contribution in [0.5, 0.6) is 0 Å². The van der Waals surface area contributed by atoms with Crippen LogP contribution in [0.15, 0.2) is 300 Å². The summed E-state index contributed by atoms with van der Waals surface area (Å²) in [6.07, 6.45) is 0. The lowest BCUT2D eigenvalue weighted by Gasteiger charge is -2.44. The molecule has 390 valence electrons. The molecule has 0 atom stereocenters. The number of hydrogen-bond acceptors (Lipinski definition) is 4. The number of anilines is 6. The van der Waals surface area contributed by atoms with E-state index in [0.29, 0.717) is 0 Å². The Labute approximate surface area is 484 Å². The molecule has 0 spiro atoms. The second-order valence-electron chi connectivity index (χ2n) is 22.4. The van der Waals surface area contributed by atoms with Crippen molar-refractivity contribution in [1.82, 2.24) is 4.57 Å². The molecule has 0 radical (unpaired) electrons. The molecule has 18 rings (SSSR count). The Kier molecular flexibility index (Phi) is 10.1. The van der Waals surface area contributed by atoms with Gasteiger partial charge in [-0.1, -0.05) is 194 Å². The van der Waals surface area contributed by atoms with Gasteiger partial charge >= 0.3 is 0 Å². The van der Waals surface area contributed by atoms with Crippen molar-refractivity contribution in [2.24, 2.45) is 0 Å². The zero-order valence-electron chi connectivity index (χ0n) is 45.4. The van der Waals surface area contributed by atoms with E-state index in [0.717, 1.165) is 117 Å². The van der Waals surface area contributed by atoms with E-state index < -0.39 is 0 Å². The molecule has 16 aromatic rings. The molecule has 2 aliphatic heterocycles. The molecule has 0 unspecified atom stereocenters. The van der Waals surface area contributed by atoms with Gasteiger partial charge in [0.05, 0.1) is 16.7 Å². The minimum Gasteiger partial charge on any atom is -0.456 e. The summed E-state index contributed by atoms with van der Waals surface area (Å²) in [6.45, 7) is -0.143. The topological polar surface area (TPSA) is 37.7 Å². The third kappa shape index (κ3) is 7.11. The average molecular weight is 1070 g/mol. The quantitative estimate of drug-likeness (QED) is 0.149. The number of furan rings is 2. The summed E-state index contributed by atoms with van der Waals surface area (Å²) in [6, 6.07) is 107. The first-order chi connectivity index (χ1) is 41.6. The lowest BCUT2D eigenvalue weighted by Crippen LogP contribution is -2.61. The normalized spacial score (nSPS) is 12.7. The number of benzene rings is 13. The third-order valence-corrected chi connectivity index (χ3v) is 17.8. The van der Waals surface area contributed by atoms with Crippen molar-refractivity contribution in [2.45, 2.75) is 0 Å². The van der Waals surface area contributed by atoms with Gasteiger partial charge in [0.25, 0.3) is 6.71 Å². The number of rotatable bonds is 7. The van der Waals surface area contributed by atoms with Crippen LogP contribution >= 0.6 is 0 Å². The molecule has 2 aliphatic rings. The summed E-state index contributed by atoms with van der Waals surface area (Å²) >= 11 is 0. The fraction of sp³-hybridized carbons (Fsp3) is 0. The first-order valence-corrected chi connectivity index (χ1v) is 28.8. The maximum absolute atomic E-state index is 6.38. The van der Waals surface area contributed by atoms with Crippen LogP contribution in [0.2, 0.25) is 0 Å². The van der Waals surface area contributed by atoms with Gasteiger partial charge in [-0.25, -0.2) is 0 Å². The molecule has 5 heterocycles. The second kappa shape index (κ2) is 18.2. The Balaban J connectivity index is 0.931. The van der Waals surface area contributed by atoms with Crippen molar-refractivity contribution in [3.05, 3.63) is 291 Å².